The van der Waals surface area contributed by atoms with E-state index in [-0.39, 0.29) is 11.8 Å². The van der Waals surface area contributed by atoms with Crippen molar-refractivity contribution in [1.82, 2.24) is 9.97 Å². The summed E-state index contributed by atoms with van der Waals surface area (Å²) in [4.78, 5) is 19.9. The summed E-state index contributed by atoms with van der Waals surface area (Å²) in [6, 6.07) is 0. The molecular formula is C11H14N2O2. The summed E-state index contributed by atoms with van der Waals surface area (Å²) in [6.07, 6.45) is 4.75. The van der Waals surface area contributed by atoms with Crippen LogP contribution in [0.1, 0.15) is 31.4 Å². The maximum atomic E-state index is 11.5. The molecule has 1 heterocycles. The van der Waals surface area contributed by atoms with Crippen molar-refractivity contribution in [2.45, 2.75) is 25.7 Å². The highest BCUT2D eigenvalue weighted by atomic mass is 16.5. The molecule has 1 aliphatic rings. The van der Waals surface area contributed by atoms with Gasteiger partial charge in [-0.1, -0.05) is 6.92 Å². The van der Waals surface area contributed by atoms with Crippen LogP contribution in [0.2, 0.25) is 0 Å². The second kappa shape index (κ2) is 3.96. The van der Waals surface area contributed by atoms with Gasteiger partial charge in [-0.3, -0.25) is 9.78 Å². The van der Waals surface area contributed by atoms with E-state index >= 15 is 0 Å². The molecule has 2 rings (SSSR count). The number of hydrogen-bond donors (Lipinski definition) is 0. The maximum Gasteiger partial charge on any atom is 0.235 e. The predicted molar refractivity (Wildman–Crippen MR) is 54.7 cm³/mol. The second-order valence-electron chi connectivity index (χ2n) is 3.85. The quantitative estimate of drug-likeness (QED) is 0.737. The maximum absolute atomic E-state index is 11.5. The molecule has 0 saturated heterocycles. The first-order valence-electron chi connectivity index (χ1n) is 5.11. The molecule has 1 aliphatic carbocycles. The smallest absolute Gasteiger partial charge is 0.235 e. The van der Waals surface area contributed by atoms with Crippen LogP contribution in [0.4, 0.5) is 0 Å². The summed E-state index contributed by atoms with van der Waals surface area (Å²) >= 11 is 0. The van der Waals surface area contributed by atoms with Gasteiger partial charge in [0.05, 0.1) is 7.11 Å². The van der Waals surface area contributed by atoms with Gasteiger partial charge >= 0.3 is 0 Å². The van der Waals surface area contributed by atoms with Crippen LogP contribution < -0.4 is 4.74 Å². The molecule has 1 aromatic heterocycles. The van der Waals surface area contributed by atoms with Crippen LogP contribution >= 0.6 is 0 Å². The normalized spacial score (nSPS) is 25.6. The Hall–Kier alpha value is -1.45. The van der Waals surface area contributed by atoms with E-state index in [9.17, 15) is 4.79 Å². The van der Waals surface area contributed by atoms with Crippen molar-refractivity contribution in [1.29, 1.82) is 0 Å². The molecule has 1 fully saturated rings. The summed E-state index contributed by atoms with van der Waals surface area (Å²) < 4.78 is 5.16. The van der Waals surface area contributed by atoms with Gasteiger partial charge in [-0.2, -0.15) is 0 Å². The minimum atomic E-state index is 0.0376. The summed E-state index contributed by atoms with van der Waals surface area (Å²) in [5.41, 5.74) is 0.818. The fourth-order valence-electron chi connectivity index (χ4n) is 2.12. The van der Waals surface area contributed by atoms with Gasteiger partial charge in [0.1, 0.15) is 11.5 Å². The van der Waals surface area contributed by atoms with E-state index < -0.39 is 0 Å². The predicted octanol–water partition coefficient (Wildman–Crippen LogP) is 1.57. The Kier molecular flexibility index (Phi) is 2.66. The largest absolute Gasteiger partial charge is 0.480 e. The van der Waals surface area contributed by atoms with Crippen LogP contribution in [0.15, 0.2) is 12.4 Å². The summed E-state index contributed by atoms with van der Waals surface area (Å²) in [6.45, 7) is 1.95. The van der Waals surface area contributed by atoms with Gasteiger partial charge in [-0.25, -0.2) is 4.98 Å². The summed E-state index contributed by atoms with van der Waals surface area (Å²) in [7, 11) is 1.58. The average Bonchev–Trinajstić information content (AvgIpc) is 2.60. The van der Waals surface area contributed by atoms with E-state index in [4.69, 9.17) is 4.74 Å². The number of rotatable bonds is 2. The number of carbonyl (C=O) groups is 1. The first-order valence-corrected chi connectivity index (χ1v) is 5.11. The van der Waals surface area contributed by atoms with E-state index in [0.717, 1.165) is 12.1 Å². The third-order valence-electron chi connectivity index (χ3n) is 3.05. The van der Waals surface area contributed by atoms with Gasteiger partial charge in [0.15, 0.2) is 0 Å². The van der Waals surface area contributed by atoms with Crippen molar-refractivity contribution >= 4 is 5.78 Å². The molecular weight excluding hydrogens is 192 g/mol. The lowest BCUT2D eigenvalue weighted by molar-refractivity contribution is -0.120. The van der Waals surface area contributed by atoms with E-state index in [0.29, 0.717) is 18.1 Å². The Morgan fingerprint density at radius 1 is 1.40 bits per heavy atom. The van der Waals surface area contributed by atoms with Crippen molar-refractivity contribution in [3.8, 4) is 5.88 Å². The highest BCUT2D eigenvalue weighted by Crippen LogP contribution is 2.38. The minimum Gasteiger partial charge on any atom is -0.480 e. The van der Waals surface area contributed by atoms with E-state index in [1.54, 1.807) is 19.5 Å². The monoisotopic (exact) mass is 206 g/mol. The van der Waals surface area contributed by atoms with Crippen molar-refractivity contribution in [2.75, 3.05) is 7.11 Å². The van der Waals surface area contributed by atoms with Gasteiger partial charge in [-0.15, -0.1) is 0 Å². The fourth-order valence-corrected chi connectivity index (χ4v) is 2.12. The standard InChI is InChI=1S/C11H14N2O2/c1-7-8(3-4-9(7)14)10-11(15-2)13-6-5-12-10/h5-8H,3-4H2,1-2H3. The molecule has 4 heteroatoms. The summed E-state index contributed by atoms with van der Waals surface area (Å²) in [5, 5.41) is 0. The number of carbonyl (C=O) groups excluding carboxylic acids is 1. The van der Waals surface area contributed by atoms with Gasteiger partial charge in [0, 0.05) is 30.7 Å². The zero-order chi connectivity index (χ0) is 10.8. The van der Waals surface area contributed by atoms with Crippen molar-refractivity contribution in [2.24, 2.45) is 5.92 Å². The number of aromatic nitrogens is 2. The highest BCUT2D eigenvalue weighted by Gasteiger charge is 2.34. The Labute approximate surface area is 88.7 Å². The van der Waals surface area contributed by atoms with E-state index in [1.807, 2.05) is 6.92 Å². The minimum absolute atomic E-state index is 0.0376. The van der Waals surface area contributed by atoms with Crippen LogP contribution in [0.25, 0.3) is 0 Å². The molecule has 15 heavy (non-hydrogen) atoms. The van der Waals surface area contributed by atoms with E-state index in [2.05, 4.69) is 9.97 Å². The Balaban J connectivity index is 2.33. The first-order chi connectivity index (χ1) is 7.24. The number of Topliss-reactive ketones (excluding diaryl/α,β-unsaturated/α-hetero) is 1. The lowest BCUT2D eigenvalue weighted by Gasteiger charge is -2.15. The zero-order valence-electron chi connectivity index (χ0n) is 8.93. The molecule has 0 N–H and O–H groups in total. The molecule has 2 unspecified atom stereocenters. The molecule has 1 aromatic rings. The number of ether oxygens (including phenoxy) is 1. The average molecular weight is 206 g/mol. The SMILES string of the molecule is COc1nccnc1C1CCC(=O)C1C. The Morgan fingerprint density at radius 2 is 2.13 bits per heavy atom. The van der Waals surface area contributed by atoms with E-state index in [1.165, 1.54) is 0 Å². The topological polar surface area (TPSA) is 52.1 Å². The zero-order valence-corrected chi connectivity index (χ0v) is 8.93. The Morgan fingerprint density at radius 3 is 2.73 bits per heavy atom. The number of ketones is 1. The molecule has 0 amide bonds. The van der Waals surface area contributed by atoms with Crippen LogP contribution in [-0.2, 0) is 4.79 Å². The second-order valence-corrected chi connectivity index (χ2v) is 3.85. The third kappa shape index (κ3) is 1.71. The molecule has 0 bridgehead atoms. The Bertz CT molecular complexity index is 379. The van der Waals surface area contributed by atoms with Gasteiger partial charge < -0.3 is 4.74 Å². The van der Waals surface area contributed by atoms with Crippen LogP contribution in [0.5, 0.6) is 5.88 Å². The van der Waals surface area contributed by atoms with Gasteiger partial charge in [0.2, 0.25) is 5.88 Å². The summed E-state index contributed by atoms with van der Waals surface area (Å²) in [5.74, 6) is 1.06. The van der Waals surface area contributed by atoms with Crippen LogP contribution in [-0.4, -0.2) is 22.9 Å². The molecule has 0 spiro atoms. The van der Waals surface area contributed by atoms with Crippen molar-refractivity contribution in [3.05, 3.63) is 18.1 Å². The number of hydrogen-bond acceptors (Lipinski definition) is 4. The molecule has 0 aromatic carbocycles. The van der Waals surface area contributed by atoms with Crippen molar-refractivity contribution in [3.63, 3.8) is 0 Å². The number of methoxy groups -OCH3 is 1. The van der Waals surface area contributed by atoms with Crippen LogP contribution in [0, 0.1) is 5.92 Å². The third-order valence-corrected chi connectivity index (χ3v) is 3.05. The lowest BCUT2D eigenvalue weighted by Crippen LogP contribution is -2.12. The van der Waals surface area contributed by atoms with Gasteiger partial charge in [-0.05, 0) is 6.42 Å². The molecule has 1 saturated carbocycles. The highest BCUT2D eigenvalue weighted by molar-refractivity contribution is 5.84. The van der Waals surface area contributed by atoms with Gasteiger partial charge in [0.25, 0.3) is 0 Å². The molecule has 0 aliphatic heterocycles. The lowest BCUT2D eigenvalue weighted by atomic mass is 9.94. The molecule has 4 nitrogen and oxygen atoms in total. The van der Waals surface area contributed by atoms with Crippen molar-refractivity contribution < 1.29 is 9.53 Å². The molecule has 2 atom stereocenters. The fraction of sp³-hybridized carbons (Fsp3) is 0.545. The van der Waals surface area contributed by atoms with Crippen LogP contribution in [0.3, 0.4) is 0 Å². The molecule has 80 valence electrons. The number of nitrogens with zero attached hydrogens (tertiary/aromatic N) is 2. The first kappa shape index (κ1) is 10.1. The molecule has 0 radical (unpaired) electrons.